The third-order valence-electron chi connectivity index (χ3n) is 3.59. The molecule has 1 amide bonds. The van der Waals surface area contributed by atoms with Gasteiger partial charge in [0.1, 0.15) is 5.82 Å². The number of carbonyl (C=O) groups is 1. The maximum Gasteiger partial charge on any atom is 0.254 e. The van der Waals surface area contributed by atoms with Gasteiger partial charge in [-0.2, -0.15) is 5.10 Å². The predicted molar refractivity (Wildman–Crippen MR) is 88.4 cm³/mol. The maximum atomic E-state index is 13.1. The van der Waals surface area contributed by atoms with E-state index in [0.717, 1.165) is 24.3 Å². The van der Waals surface area contributed by atoms with Gasteiger partial charge in [0.15, 0.2) is 0 Å². The van der Waals surface area contributed by atoms with E-state index in [2.05, 4.69) is 15.3 Å². The molecular weight excluding hydrogens is 295 g/mol. The zero-order chi connectivity index (χ0) is 16.8. The second kappa shape index (κ2) is 7.87. The number of rotatable bonds is 7. The second-order valence-corrected chi connectivity index (χ2v) is 5.66. The van der Waals surface area contributed by atoms with Crippen molar-refractivity contribution in [1.29, 1.82) is 0 Å². The Bertz CT molecular complexity index is 649. The van der Waals surface area contributed by atoms with Crippen LogP contribution in [-0.2, 0) is 6.42 Å². The summed E-state index contributed by atoms with van der Waals surface area (Å²) in [7, 11) is 4.01. The molecule has 2 aromatic rings. The normalized spacial score (nSPS) is 11.0. The molecule has 6 heteroatoms. The van der Waals surface area contributed by atoms with Crippen molar-refractivity contribution >= 4 is 5.91 Å². The molecule has 1 aromatic carbocycles. The summed E-state index contributed by atoms with van der Waals surface area (Å²) < 4.78 is 14.7. The van der Waals surface area contributed by atoms with Crippen LogP contribution < -0.4 is 5.32 Å². The van der Waals surface area contributed by atoms with Gasteiger partial charge in [-0.15, -0.1) is 0 Å². The fourth-order valence-electron chi connectivity index (χ4n) is 2.40. The minimum absolute atomic E-state index is 0.117. The van der Waals surface area contributed by atoms with Crippen molar-refractivity contribution in [2.45, 2.75) is 19.8 Å². The highest BCUT2D eigenvalue weighted by molar-refractivity contribution is 5.95. The number of hydrogen-bond donors (Lipinski definition) is 1. The zero-order valence-electron chi connectivity index (χ0n) is 13.8. The molecular formula is C17H23FN4O. The standard InChI is InChI=1S/C17H23FN4O/c1-4-16-15(17(23)19-10-5-11-21(2)3)12-20-22(16)14-8-6-13(18)7-9-14/h6-9,12H,4-5,10-11H2,1-3H3,(H,19,23). The molecule has 0 saturated carbocycles. The van der Waals surface area contributed by atoms with Crippen LogP contribution >= 0.6 is 0 Å². The van der Waals surface area contributed by atoms with Gasteiger partial charge in [-0.05, 0) is 57.7 Å². The summed E-state index contributed by atoms with van der Waals surface area (Å²) in [6, 6.07) is 6.08. The van der Waals surface area contributed by atoms with Gasteiger partial charge in [0.2, 0.25) is 0 Å². The van der Waals surface area contributed by atoms with E-state index in [4.69, 9.17) is 0 Å². The molecule has 1 N–H and O–H groups in total. The molecule has 0 saturated heterocycles. The molecule has 0 aliphatic carbocycles. The summed E-state index contributed by atoms with van der Waals surface area (Å²) in [5, 5.41) is 7.21. The van der Waals surface area contributed by atoms with Crippen LogP contribution in [0.2, 0.25) is 0 Å². The lowest BCUT2D eigenvalue weighted by molar-refractivity contribution is 0.0951. The lowest BCUT2D eigenvalue weighted by Crippen LogP contribution is -2.27. The summed E-state index contributed by atoms with van der Waals surface area (Å²) in [6.07, 6.45) is 3.13. The highest BCUT2D eigenvalue weighted by atomic mass is 19.1. The second-order valence-electron chi connectivity index (χ2n) is 5.66. The molecule has 1 aromatic heterocycles. The quantitative estimate of drug-likeness (QED) is 0.797. The first-order valence-electron chi connectivity index (χ1n) is 7.78. The van der Waals surface area contributed by atoms with Gasteiger partial charge in [0, 0.05) is 6.54 Å². The Morgan fingerprint density at radius 1 is 1.30 bits per heavy atom. The number of benzene rings is 1. The van der Waals surface area contributed by atoms with Crippen LogP contribution in [0.4, 0.5) is 4.39 Å². The van der Waals surface area contributed by atoms with Crippen LogP contribution in [-0.4, -0.2) is 47.8 Å². The van der Waals surface area contributed by atoms with E-state index in [0.29, 0.717) is 18.5 Å². The fourth-order valence-corrected chi connectivity index (χ4v) is 2.40. The van der Waals surface area contributed by atoms with Crippen molar-refractivity contribution in [2.24, 2.45) is 0 Å². The van der Waals surface area contributed by atoms with Crippen molar-refractivity contribution in [3.63, 3.8) is 0 Å². The third-order valence-corrected chi connectivity index (χ3v) is 3.59. The molecule has 5 nitrogen and oxygen atoms in total. The number of aromatic nitrogens is 2. The monoisotopic (exact) mass is 318 g/mol. The molecule has 0 bridgehead atoms. The Morgan fingerprint density at radius 2 is 2.00 bits per heavy atom. The summed E-state index contributed by atoms with van der Waals surface area (Å²) >= 11 is 0. The average molecular weight is 318 g/mol. The Labute approximate surface area is 136 Å². The molecule has 0 fully saturated rings. The first-order valence-corrected chi connectivity index (χ1v) is 7.78. The molecule has 0 aliphatic rings. The van der Waals surface area contributed by atoms with Gasteiger partial charge >= 0.3 is 0 Å². The van der Waals surface area contributed by atoms with Crippen LogP contribution in [0.15, 0.2) is 30.5 Å². The number of nitrogens with zero attached hydrogens (tertiary/aromatic N) is 3. The topological polar surface area (TPSA) is 50.2 Å². The summed E-state index contributed by atoms with van der Waals surface area (Å²) in [5.74, 6) is -0.410. The van der Waals surface area contributed by atoms with Gasteiger partial charge in [0.05, 0.1) is 23.1 Å². The van der Waals surface area contributed by atoms with E-state index >= 15 is 0 Å². The molecule has 0 radical (unpaired) electrons. The van der Waals surface area contributed by atoms with Crippen molar-refractivity contribution < 1.29 is 9.18 Å². The lowest BCUT2D eigenvalue weighted by atomic mass is 10.2. The Hall–Kier alpha value is -2.21. The minimum atomic E-state index is -0.294. The third kappa shape index (κ3) is 4.39. The number of halogens is 1. The van der Waals surface area contributed by atoms with Crippen LogP contribution in [0, 0.1) is 5.82 Å². The summed E-state index contributed by atoms with van der Waals surface area (Å²) in [6.45, 7) is 3.53. The van der Waals surface area contributed by atoms with Crippen molar-refractivity contribution in [2.75, 3.05) is 27.2 Å². The molecule has 23 heavy (non-hydrogen) atoms. The van der Waals surface area contributed by atoms with Crippen LogP contribution in [0.25, 0.3) is 5.69 Å². The van der Waals surface area contributed by atoms with Crippen molar-refractivity contribution in [3.05, 3.63) is 47.5 Å². The van der Waals surface area contributed by atoms with Crippen LogP contribution in [0.5, 0.6) is 0 Å². The summed E-state index contributed by atoms with van der Waals surface area (Å²) in [4.78, 5) is 14.4. The highest BCUT2D eigenvalue weighted by Gasteiger charge is 2.16. The summed E-state index contributed by atoms with van der Waals surface area (Å²) in [5.41, 5.74) is 2.14. The molecule has 0 aliphatic heterocycles. The van der Waals surface area contributed by atoms with Gasteiger partial charge in [-0.25, -0.2) is 9.07 Å². The molecule has 0 atom stereocenters. The van der Waals surface area contributed by atoms with Crippen LogP contribution in [0.1, 0.15) is 29.4 Å². The van der Waals surface area contributed by atoms with E-state index in [1.165, 1.54) is 12.1 Å². The first-order chi connectivity index (χ1) is 11.0. The first kappa shape index (κ1) is 17.1. The Morgan fingerprint density at radius 3 is 2.61 bits per heavy atom. The largest absolute Gasteiger partial charge is 0.352 e. The Balaban J connectivity index is 2.11. The van der Waals surface area contributed by atoms with Gasteiger partial charge in [-0.3, -0.25) is 4.79 Å². The van der Waals surface area contributed by atoms with Gasteiger partial charge in [0.25, 0.3) is 5.91 Å². The number of nitrogens with one attached hydrogen (secondary N) is 1. The minimum Gasteiger partial charge on any atom is -0.352 e. The average Bonchev–Trinajstić information content (AvgIpc) is 2.96. The molecule has 0 spiro atoms. The number of hydrogen-bond acceptors (Lipinski definition) is 3. The zero-order valence-corrected chi connectivity index (χ0v) is 13.8. The lowest BCUT2D eigenvalue weighted by Gasteiger charge is -2.10. The van der Waals surface area contributed by atoms with Gasteiger partial charge in [-0.1, -0.05) is 6.92 Å². The molecule has 2 rings (SSSR count). The van der Waals surface area contributed by atoms with E-state index in [9.17, 15) is 9.18 Å². The molecule has 124 valence electrons. The fraction of sp³-hybridized carbons (Fsp3) is 0.412. The maximum absolute atomic E-state index is 13.1. The highest BCUT2D eigenvalue weighted by Crippen LogP contribution is 2.16. The van der Waals surface area contributed by atoms with Crippen molar-refractivity contribution in [1.82, 2.24) is 20.0 Å². The smallest absolute Gasteiger partial charge is 0.254 e. The number of carbonyl (C=O) groups excluding carboxylic acids is 1. The number of amides is 1. The van der Waals surface area contributed by atoms with E-state index in [1.807, 2.05) is 21.0 Å². The molecule has 1 heterocycles. The van der Waals surface area contributed by atoms with Crippen LogP contribution in [0.3, 0.4) is 0 Å². The SMILES string of the molecule is CCc1c(C(=O)NCCCN(C)C)cnn1-c1ccc(F)cc1. The Kier molecular flexibility index (Phi) is 5.87. The van der Waals surface area contributed by atoms with Crippen molar-refractivity contribution in [3.8, 4) is 5.69 Å². The van der Waals surface area contributed by atoms with E-state index < -0.39 is 0 Å². The predicted octanol–water partition coefficient (Wildman–Crippen LogP) is 2.26. The molecule has 0 unspecified atom stereocenters. The van der Waals surface area contributed by atoms with Gasteiger partial charge < -0.3 is 10.2 Å². The van der Waals surface area contributed by atoms with E-state index in [-0.39, 0.29) is 11.7 Å². The van der Waals surface area contributed by atoms with E-state index in [1.54, 1.807) is 23.0 Å².